The van der Waals surface area contributed by atoms with Crippen molar-refractivity contribution < 1.29 is 4.74 Å². The zero-order valence-corrected chi connectivity index (χ0v) is 12.5. The van der Waals surface area contributed by atoms with Crippen molar-refractivity contribution in [2.45, 2.75) is 38.5 Å². The minimum atomic E-state index is 0.422. The van der Waals surface area contributed by atoms with Crippen LogP contribution in [0.5, 0.6) is 0 Å². The number of halogens is 1. The van der Waals surface area contributed by atoms with Crippen molar-refractivity contribution in [3.8, 4) is 0 Å². The quantitative estimate of drug-likeness (QED) is 0.769. The van der Waals surface area contributed by atoms with E-state index in [1.54, 1.807) is 11.1 Å². The van der Waals surface area contributed by atoms with Crippen molar-refractivity contribution in [2.24, 2.45) is 5.41 Å². The van der Waals surface area contributed by atoms with Crippen LogP contribution in [0.2, 0.25) is 0 Å². The first kappa shape index (κ1) is 12.7. The Bertz CT molecular complexity index is 421. The smallest absolute Gasteiger partial charge is 0.0471 e. The first-order valence-electron chi connectivity index (χ1n) is 7.06. The molecule has 0 unspecified atom stereocenters. The summed E-state index contributed by atoms with van der Waals surface area (Å²) >= 11 is 3.73. The van der Waals surface area contributed by atoms with Gasteiger partial charge in [0.1, 0.15) is 0 Å². The van der Waals surface area contributed by atoms with Crippen LogP contribution in [-0.2, 0) is 24.0 Å². The topological polar surface area (TPSA) is 9.23 Å². The molecule has 0 aromatic heterocycles. The van der Waals surface area contributed by atoms with E-state index in [0.717, 1.165) is 18.5 Å². The van der Waals surface area contributed by atoms with Gasteiger partial charge in [0.05, 0.1) is 0 Å². The number of hydrogen-bond donors (Lipinski definition) is 0. The molecule has 1 fully saturated rings. The molecule has 0 spiro atoms. The molecule has 1 aromatic carbocycles. The van der Waals surface area contributed by atoms with Crippen LogP contribution >= 0.6 is 15.9 Å². The standard InChI is InChI=1S/C16H21BrO/c17-12-16(6-8-18-9-7-16)11-13-4-5-14-2-1-3-15(14)10-13/h4-5,10H,1-3,6-9,11-12H2. The van der Waals surface area contributed by atoms with Crippen LogP contribution in [0.1, 0.15) is 36.0 Å². The number of fused-ring (bicyclic) bond motifs is 1. The molecule has 0 saturated carbocycles. The fraction of sp³-hybridized carbons (Fsp3) is 0.625. The van der Waals surface area contributed by atoms with Crippen molar-refractivity contribution in [1.82, 2.24) is 0 Å². The van der Waals surface area contributed by atoms with Gasteiger partial charge >= 0.3 is 0 Å². The molecule has 0 atom stereocenters. The average molecular weight is 309 g/mol. The molecule has 0 N–H and O–H groups in total. The Labute approximate surface area is 118 Å². The molecule has 18 heavy (non-hydrogen) atoms. The summed E-state index contributed by atoms with van der Waals surface area (Å²) in [6, 6.07) is 7.17. The van der Waals surface area contributed by atoms with E-state index >= 15 is 0 Å². The number of hydrogen-bond acceptors (Lipinski definition) is 1. The van der Waals surface area contributed by atoms with Crippen LogP contribution in [0.25, 0.3) is 0 Å². The zero-order chi connectivity index (χ0) is 12.4. The van der Waals surface area contributed by atoms with E-state index < -0.39 is 0 Å². The lowest BCUT2D eigenvalue weighted by Gasteiger charge is -2.36. The fourth-order valence-corrected chi connectivity index (χ4v) is 4.09. The normalized spacial score (nSPS) is 21.8. The summed E-state index contributed by atoms with van der Waals surface area (Å²) in [5.41, 5.74) is 5.13. The predicted octanol–water partition coefficient (Wildman–Crippen LogP) is 3.91. The fourth-order valence-electron chi connectivity index (χ4n) is 3.33. The predicted molar refractivity (Wildman–Crippen MR) is 78.5 cm³/mol. The minimum absolute atomic E-state index is 0.422. The first-order chi connectivity index (χ1) is 8.81. The van der Waals surface area contributed by atoms with E-state index in [-0.39, 0.29) is 0 Å². The lowest BCUT2D eigenvalue weighted by Crippen LogP contribution is -2.33. The monoisotopic (exact) mass is 308 g/mol. The van der Waals surface area contributed by atoms with Gasteiger partial charge in [-0.15, -0.1) is 0 Å². The third-order valence-electron chi connectivity index (χ3n) is 4.58. The number of rotatable bonds is 3. The molecule has 3 rings (SSSR count). The highest BCUT2D eigenvalue weighted by Gasteiger charge is 2.31. The molecule has 0 radical (unpaired) electrons. The molecule has 1 aliphatic heterocycles. The third kappa shape index (κ3) is 2.50. The summed E-state index contributed by atoms with van der Waals surface area (Å²) in [7, 11) is 0. The third-order valence-corrected chi connectivity index (χ3v) is 5.77. The minimum Gasteiger partial charge on any atom is -0.381 e. The molecular weight excluding hydrogens is 288 g/mol. The second-order valence-electron chi connectivity index (χ2n) is 5.88. The van der Waals surface area contributed by atoms with Gasteiger partial charge < -0.3 is 4.74 Å². The van der Waals surface area contributed by atoms with Crippen molar-refractivity contribution in [1.29, 1.82) is 0 Å². The van der Waals surface area contributed by atoms with Crippen molar-refractivity contribution in [3.05, 3.63) is 34.9 Å². The second kappa shape index (κ2) is 5.34. The van der Waals surface area contributed by atoms with E-state index in [0.29, 0.717) is 5.41 Å². The van der Waals surface area contributed by atoms with E-state index in [4.69, 9.17) is 4.74 Å². The summed E-state index contributed by atoms with van der Waals surface area (Å²) in [6.45, 7) is 1.85. The van der Waals surface area contributed by atoms with E-state index in [1.807, 2.05) is 0 Å². The summed E-state index contributed by atoms with van der Waals surface area (Å²) in [4.78, 5) is 0. The Morgan fingerprint density at radius 2 is 1.89 bits per heavy atom. The van der Waals surface area contributed by atoms with Crippen LogP contribution in [0.3, 0.4) is 0 Å². The Morgan fingerprint density at radius 1 is 1.11 bits per heavy atom. The van der Waals surface area contributed by atoms with E-state index in [1.165, 1.54) is 44.1 Å². The van der Waals surface area contributed by atoms with Gasteiger partial charge in [-0.2, -0.15) is 0 Å². The molecule has 2 heteroatoms. The average Bonchev–Trinajstić information content (AvgIpc) is 2.87. The zero-order valence-electron chi connectivity index (χ0n) is 10.9. The van der Waals surface area contributed by atoms with Crippen LogP contribution in [-0.4, -0.2) is 18.5 Å². The number of aryl methyl sites for hydroxylation is 2. The lowest BCUT2D eigenvalue weighted by molar-refractivity contribution is 0.0270. The molecule has 1 heterocycles. The van der Waals surface area contributed by atoms with Gasteiger partial charge in [-0.1, -0.05) is 34.1 Å². The van der Waals surface area contributed by atoms with Gasteiger partial charge in [-0.25, -0.2) is 0 Å². The van der Waals surface area contributed by atoms with Gasteiger partial charge in [0.2, 0.25) is 0 Å². The summed E-state index contributed by atoms with van der Waals surface area (Å²) in [5.74, 6) is 0. The molecule has 1 aliphatic carbocycles. The molecule has 0 bridgehead atoms. The maximum absolute atomic E-state index is 5.52. The van der Waals surface area contributed by atoms with Crippen LogP contribution in [0.15, 0.2) is 18.2 Å². The van der Waals surface area contributed by atoms with Gasteiger partial charge in [-0.3, -0.25) is 0 Å². The molecule has 1 nitrogen and oxygen atoms in total. The molecule has 0 amide bonds. The van der Waals surface area contributed by atoms with Crippen LogP contribution in [0, 0.1) is 5.41 Å². The second-order valence-corrected chi connectivity index (χ2v) is 6.44. The summed E-state index contributed by atoms with van der Waals surface area (Å²) in [6.07, 6.45) is 7.50. The lowest BCUT2D eigenvalue weighted by atomic mass is 9.77. The van der Waals surface area contributed by atoms with Crippen molar-refractivity contribution in [2.75, 3.05) is 18.5 Å². The Balaban J connectivity index is 1.78. The first-order valence-corrected chi connectivity index (χ1v) is 8.18. The molecule has 1 saturated heterocycles. The summed E-state index contributed by atoms with van der Waals surface area (Å²) < 4.78 is 5.52. The highest BCUT2D eigenvalue weighted by molar-refractivity contribution is 9.09. The van der Waals surface area contributed by atoms with E-state index in [2.05, 4.69) is 34.1 Å². The number of alkyl halides is 1. The summed E-state index contributed by atoms with van der Waals surface area (Å²) in [5, 5.41) is 1.10. The highest BCUT2D eigenvalue weighted by atomic mass is 79.9. The van der Waals surface area contributed by atoms with Crippen molar-refractivity contribution >= 4 is 15.9 Å². The highest BCUT2D eigenvalue weighted by Crippen LogP contribution is 2.37. The van der Waals surface area contributed by atoms with Gasteiger partial charge in [0.15, 0.2) is 0 Å². The van der Waals surface area contributed by atoms with Gasteiger partial charge in [0.25, 0.3) is 0 Å². The molecule has 98 valence electrons. The molecule has 2 aliphatic rings. The number of ether oxygens (including phenoxy) is 1. The SMILES string of the molecule is BrCC1(Cc2ccc3c(c2)CCC3)CCOCC1. The maximum Gasteiger partial charge on any atom is 0.0471 e. The Morgan fingerprint density at radius 3 is 2.67 bits per heavy atom. The van der Waals surface area contributed by atoms with Gasteiger partial charge in [0, 0.05) is 18.5 Å². The van der Waals surface area contributed by atoms with Gasteiger partial charge in [-0.05, 0) is 60.6 Å². The largest absolute Gasteiger partial charge is 0.381 e. The molecular formula is C16H21BrO. The Kier molecular flexibility index (Phi) is 3.76. The Hall–Kier alpha value is -0.340. The van der Waals surface area contributed by atoms with Crippen LogP contribution in [0.4, 0.5) is 0 Å². The van der Waals surface area contributed by atoms with Crippen molar-refractivity contribution in [3.63, 3.8) is 0 Å². The number of benzene rings is 1. The maximum atomic E-state index is 5.52. The van der Waals surface area contributed by atoms with E-state index in [9.17, 15) is 0 Å². The van der Waals surface area contributed by atoms with Crippen LogP contribution < -0.4 is 0 Å². The molecule has 1 aromatic rings.